The molecule has 2 rings (SSSR count). The Bertz CT molecular complexity index is 680. The molecular weight excluding hydrogens is 455 g/mol. The number of sulfone groups is 1. The molecule has 1 unspecified atom stereocenters. The van der Waals surface area contributed by atoms with Gasteiger partial charge in [-0.05, 0) is 18.9 Å². The SMILES string of the molecule is CCNC(=NCC(=O)NCc1ccccc1)NC1CCS(=O)(=O)C1.I. The van der Waals surface area contributed by atoms with Crippen LogP contribution < -0.4 is 16.0 Å². The minimum absolute atomic E-state index is 0. The Hall–Kier alpha value is -1.36. The largest absolute Gasteiger partial charge is 0.357 e. The summed E-state index contributed by atoms with van der Waals surface area (Å²) in [4.78, 5) is 16.1. The van der Waals surface area contributed by atoms with Crippen molar-refractivity contribution >= 4 is 45.7 Å². The van der Waals surface area contributed by atoms with E-state index in [1.165, 1.54) is 0 Å². The lowest BCUT2D eigenvalue weighted by molar-refractivity contribution is -0.119. The van der Waals surface area contributed by atoms with Gasteiger partial charge < -0.3 is 16.0 Å². The number of nitrogens with one attached hydrogen (secondary N) is 3. The van der Waals surface area contributed by atoms with Crippen LogP contribution in [-0.4, -0.2) is 50.9 Å². The van der Waals surface area contributed by atoms with Crippen LogP contribution in [0.15, 0.2) is 35.3 Å². The quantitative estimate of drug-likeness (QED) is 0.316. The fraction of sp³-hybridized carbons (Fsp3) is 0.500. The highest BCUT2D eigenvalue weighted by Gasteiger charge is 2.28. The van der Waals surface area contributed by atoms with Gasteiger partial charge in [0.1, 0.15) is 6.54 Å². The van der Waals surface area contributed by atoms with E-state index in [0.29, 0.717) is 25.5 Å². The molecule has 1 heterocycles. The fourth-order valence-corrected chi connectivity index (χ4v) is 4.10. The molecule has 7 nitrogen and oxygen atoms in total. The molecule has 1 fully saturated rings. The molecule has 1 aromatic rings. The van der Waals surface area contributed by atoms with Crippen LogP contribution in [0.5, 0.6) is 0 Å². The second-order valence-electron chi connectivity index (χ2n) is 5.70. The van der Waals surface area contributed by atoms with Crippen LogP contribution in [0.25, 0.3) is 0 Å². The molecule has 0 aliphatic carbocycles. The number of halogens is 1. The Morgan fingerprint density at radius 2 is 1.96 bits per heavy atom. The van der Waals surface area contributed by atoms with Crippen LogP contribution in [0.2, 0.25) is 0 Å². The molecular formula is C16H25IN4O3S. The van der Waals surface area contributed by atoms with Crippen molar-refractivity contribution in [3.8, 4) is 0 Å². The van der Waals surface area contributed by atoms with Gasteiger partial charge in [-0.1, -0.05) is 30.3 Å². The molecule has 1 aromatic carbocycles. The van der Waals surface area contributed by atoms with Gasteiger partial charge in [-0.3, -0.25) is 4.79 Å². The first-order valence-electron chi connectivity index (χ1n) is 8.04. The topological polar surface area (TPSA) is 99.7 Å². The second kappa shape index (κ2) is 10.6. The standard InChI is InChI=1S/C16H24N4O3S.HI/c1-2-17-16(20-14-8-9-24(22,23)12-14)19-11-15(21)18-10-13-6-4-3-5-7-13;/h3-7,14H,2,8-12H2,1H3,(H,18,21)(H2,17,19,20);1H. The zero-order chi connectivity index (χ0) is 17.4. The summed E-state index contributed by atoms with van der Waals surface area (Å²) >= 11 is 0. The number of carbonyl (C=O) groups is 1. The Balaban J connectivity index is 0.00000312. The van der Waals surface area contributed by atoms with E-state index >= 15 is 0 Å². The zero-order valence-corrected chi connectivity index (χ0v) is 17.3. The highest BCUT2D eigenvalue weighted by atomic mass is 127. The summed E-state index contributed by atoms with van der Waals surface area (Å²) in [6.07, 6.45) is 0.562. The maximum absolute atomic E-state index is 11.9. The summed E-state index contributed by atoms with van der Waals surface area (Å²) in [7, 11) is -2.95. The van der Waals surface area contributed by atoms with Gasteiger partial charge >= 0.3 is 0 Å². The van der Waals surface area contributed by atoms with Gasteiger partial charge in [-0.25, -0.2) is 13.4 Å². The third-order valence-electron chi connectivity index (χ3n) is 3.63. The molecule has 3 N–H and O–H groups in total. The average molecular weight is 480 g/mol. The summed E-state index contributed by atoms with van der Waals surface area (Å²) in [5, 5.41) is 8.92. The number of amides is 1. The molecule has 1 saturated heterocycles. The van der Waals surface area contributed by atoms with Crippen molar-refractivity contribution in [2.24, 2.45) is 4.99 Å². The lowest BCUT2D eigenvalue weighted by Crippen LogP contribution is -2.44. The predicted octanol–water partition coefficient (Wildman–Crippen LogP) is 0.663. The number of hydrogen-bond acceptors (Lipinski definition) is 4. The van der Waals surface area contributed by atoms with Crippen molar-refractivity contribution in [1.29, 1.82) is 0 Å². The number of nitrogens with zero attached hydrogens (tertiary/aromatic N) is 1. The molecule has 0 spiro atoms. The van der Waals surface area contributed by atoms with E-state index < -0.39 is 9.84 Å². The average Bonchev–Trinajstić information content (AvgIpc) is 2.90. The van der Waals surface area contributed by atoms with Gasteiger partial charge in [0.25, 0.3) is 0 Å². The van der Waals surface area contributed by atoms with Crippen molar-refractivity contribution in [1.82, 2.24) is 16.0 Å². The zero-order valence-electron chi connectivity index (χ0n) is 14.2. The summed E-state index contributed by atoms with van der Waals surface area (Å²) in [6.45, 7) is 3.00. The Morgan fingerprint density at radius 3 is 2.56 bits per heavy atom. The van der Waals surface area contributed by atoms with Crippen molar-refractivity contribution in [3.05, 3.63) is 35.9 Å². The van der Waals surface area contributed by atoms with Gasteiger partial charge in [0, 0.05) is 19.1 Å². The van der Waals surface area contributed by atoms with Crippen LogP contribution in [0.4, 0.5) is 0 Å². The van der Waals surface area contributed by atoms with E-state index in [4.69, 9.17) is 0 Å². The van der Waals surface area contributed by atoms with Crippen LogP contribution in [0, 0.1) is 0 Å². The van der Waals surface area contributed by atoms with E-state index in [0.717, 1.165) is 5.56 Å². The maximum Gasteiger partial charge on any atom is 0.242 e. The number of rotatable bonds is 6. The molecule has 0 saturated carbocycles. The predicted molar refractivity (Wildman–Crippen MR) is 110 cm³/mol. The van der Waals surface area contributed by atoms with Crippen molar-refractivity contribution < 1.29 is 13.2 Å². The molecule has 0 aromatic heterocycles. The van der Waals surface area contributed by atoms with E-state index in [1.807, 2.05) is 37.3 Å². The normalized spacial score (nSPS) is 18.9. The number of carbonyl (C=O) groups excluding carboxylic acids is 1. The number of aliphatic imine (C=N–C) groups is 1. The van der Waals surface area contributed by atoms with Gasteiger partial charge in [0.2, 0.25) is 5.91 Å². The van der Waals surface area contributed by atoms with E-state index in [2.05, 4.69) is 20.9 Å². The third kappa shape index (κ3) is 8.04. The maximum atomic E-state index is 11.9. The Labute approximate surface area is 166 Å². The Morgan fingerprint density at radius 1 is 1.24 bits per heavy atom. The summed E-state index contributed by atoms with van der Waals surface area (Å²) < 4.78 is 23.0. The van der Waals surface area contributed by atoms with Gasteiger partial charge in [-0.2, -0.15) is 0 Å². The minimum Gasteiger partial charge on any atom is -0.357 e. The van der Waals surface area contributed by atoms with Gasteiger partial charge in [-0.15, -0.1) is 24.0 Å². The smallest absolute Gasteiger partial charge is 0.242 e. The first-order chi connectivity index (χ1) is 11.5. The Kier molecular flexibility index (Phi) is 9.19. The summed E-state index contributed by atoms with van der Waals surface area (Å²) in [5.74, 6) is 0.587. The van der Waals surface area contributed by atoms with Crippen molar-refractivity contribution in [3.63, 3.8) is 0 Å². The minimum atomic E-state index is -2.95. The monoisotopic (exact) mass is 480 g/mol. The number of hydrogen-bond donors (Lipinski definition) is 3. The molecule has 1 amide bonds. The van der Waals surface area contributed by atoms with Crippen molar-refractivity contribution in [2.45, 2.75) is 25.9 Å². The lowest BCUT2D eigenvalue weighted by atomic mass is 10.2. The molecule has 1 atom stereocenters. The molecule has 1 aliphatic rings. The lowest BCUT2D eigenvalue weighted by Gasteiger charge is -2.15. The first-order valence-corrected chi connectivity index (χ1v) is 9.86. The molecule has 140 valence electrons. The molecule has 1 aliphatic heterocycles. The molecule has 9 heteroatoms. The van der Waals surface area contributed by atoms with Gasteiger partial charge in [0.15, 0.2) is 15.8 Å². The second-order valence-corrected chi connectivity index (χ2v) is 7.93. The molecule has 0 radical (unpaired) electrons. The highest BCUT2D eigenvalue weighted by molar-refractivity contribution is 14.0. The fourth-order valence-electron chi connectivity index (χ4n) is 2.43. The van der Waals surface area contributed by atoms with Gasteiger partial charge in [0.05, 0.1) is 11.5 Å². The first kappa shape index (κ1) is 21.7. The van der Waals surface area contributed by atoms with Crippen LogP contribution in [-0.2, 0) is 21.2 Å². The number of benzene rings is 1. The number of guanidine groups is 1. The van der Waals surface area contributed by atoms with Crippen LogP contribution in [0.3, 0.4) is 0 Å². The summed E-state index contributed by atoms with van der Waals surface area (Å²) in [5.41, 5.74) is 1.02. The summed E-state index contributed by atoms with van der Waals surface area (Å²) in [6, 6.07) is 9.49. The molecule has 0 bridgehead atoms. The van der Waals surface area contributed by atoms with E-state index in [1.54, 1.807) is 0 Å². The molecule has 25 heavy (non-hydrogen) atoms. The van der Waals surface area contributed by atoms with E-state index in [-0.39, 0.29) is 54.0 Å². The highest BCUT2D eigenvalue weighted by Crippen LogP contribution is 2.10. The third-order valence-corrected chi connectivity index (χ3v) is 5.40. The van der Waals surface area contributed by atoms with Crippen molar-refractivity contribution in [2.75, 3.05) is 24.6 Å². The van der Waals surface area contributed by atoms with Crippen LogP contribution >= 0.6 is 24.0 Å². The van der Waals surface area contributed by atoms with E-state index in [9.17, 15) is 13.2 Å². The van der Waals surface area contributed by atoms with Crippen LogP contribution in [0.1, 0.15) is 18.9 Å².